The van der Waals surface area contributed by atoms with Gasteiger partial charge in [-0.3, -0.25) is 14.6 Å². The van der Waals surface area contributed by atoms with Crippen molar-refractivity contribution in [1.82, 2.24) is 4.98 Å². The van der Waals surface area contributed by atoms with Gasteiger partial charge in [0.15, 0.2) is 17.2 Å². The molecule has 1 fully saturated rings. The van der Waals surface area contributed by atoms with E-state index in [9.17, 15) is 31.5 Å². The van der Waals surface area contributed by atoms with Crippen LogP contribution in [0.15, 0.2) is 30.4 Å². The summed E-state index contributed by atoms with van der Waals surface area (Å²) in [5, 5.41) is 2.25. The van der Waals surface area contributed by atoms with Gasteiger partial charge in [-0.2, -0.15) is 17.6 Å². The quantitative estimate of drug-likeness (QED) is 0.646. The molecule has 0 radical (unpaired) electrons. The lowest BCUT2D eigenvalue weighted by molar-refractivity contribution is -0.272. The topological polar surface area (TPSA) is 104 Å². The fourth-order valence-electron chi connectivity index (χ4n) is 3.84. The number of halogens is 5. The van der Waals surface area contributed by atoms with E-state index in [0.717, 1.165) is 32.4 Å². The first kappa shape index (κ1) is 22.9. The van der Waals surface area contributed by atoms with Gasteiger partial charge >= 0.3 is 6.18 Å². The van der Waals surface area contributed by atoms with Crippen LogP contribution in [0, 0.1) is 17.6 Å². The lowest BCUT2D eigenvalue weighted by atomic mass is 9.77. The number of hydrogen-bond acceptors (Lipinski definition) is 5. The zero-order valence-electron chi connectivity index (χ0n) is 18.6. The second-order valence-electron chi connectivity index (χ2n) is 7.64. The summed E-state index contributed by atoms with van der Waals surface area (Å²) < 4.78 is 88.0. The lowest BCUT2D eigenvalue weighted by Crippen LogP contribution is -2.47. The lowest BCUT2D eigenvalue weighted by Gasteiger charge is -2.32. The summed E-state index contributed by atoms with van der Waals surface area (Å²) >= 11 is 0. The Labute approximate surface area is 186 Å². The van der Waals surface area contributed by atoms with Crippen LogP contribution in [0.3, 0.4) is 0 Å². The Morgan fingerprint density at radius 2 is 2.00 bits per heavy atom. The fraction of sp³-hybridized carbons (Fsp3) is 0.381. The summed E-state index contributed by atoms with van der Waals surface area (Å²) in [5.41, 5.74) is 1.53. The highest BCUT2D eigenvalue weighted by Crippen LogP contribution is 2.55. The number of anilines is 1. The van der Waals surface area contributed by atoms with E-state index in [1.165, 1.54) is 6.92 Å². The van der Waals surface area contributed by atoms with Crippen LogP contribution in [0.4, 0.5) is 27.6 Å². The van der Waals surface area contributed by atoms with Crippen LogP contribution in [-0.2, 0) is 9.53 Å². The van der Waals surface area contributed by atoms with E-state index in [4.69, 9.17) is 16.6 Å². The van der Waals surface area contributed by atoms with Gasteiger partial charge in [0.25, 0.3) is 11.8 Å². The molecule has 2 heterocycles. The third-order valence-corrected chi connectivity index (χ3v) is 5.79. The number of nitrogens with one attached hydrogen (secondary N) is 1. The van der Waals surface area contributed by atoms with E-state index in [1.54, 1.807) is 0 Å². The van der Waals surface area contributed by atoms with E-state index in [2.05, 4.69) is 10.3 Å². The fourth-order valence-corrected chi connectivity index (χ4v) is 3.84. The summed E-state index contributed by atoms with van der Waals surface area (Å²) in [5.74, 6) is -8.34. The number of methoxy groups -OCH3 is 1. The minimum atomic E-state index is -4.93. The molecule has 1 aliphatic heterocycles. The van der Waals surface area contributed by atoms with E-state index < -0.39 is 58.9 Å². The molecule has 0 unspecified atom stereocenters. The van der Waals surface area contributed by atoms with Crippen LogP contribution < -0.4 is 15.8 Å². The number of alkyl halides is 3. The molecule has 1 aromatic heterocycles. The number of carbonyl (C=O) groups is 2. The van der Waals surface area contributed by atoms with Gasteiger partial charge in [0, 0.05) is 29.3 Å². The Bertz CT molecular complexity index is 1150. The summed E-state index contributed by atoms with van der Waals surface area (Å²) in [6.45, 7) is 1.91. The number of nitrogens with two attached hydrogens (primary N) is 1. The highest BCUT2D eigenvalue weighted by atomic mass is 19.4. The molecule has 2 amide bonds. The monoisotopic (exact) mass is 474 g/mol. The number of amides is 2. The number of primary amides is 1. The van der Waals surface area contributed by atoms with E-state index in [-0.39, 0.29) is 23.0 Å². The maximum Gasteiger partial charge on any atom is 0.417 e. The van der Waals surface area contributed by atoms with Crippen LogP contribution in [-0.4, -0.2) is 41.8 Å². The normalized spacial score (nSPS) is 25.5. The summed E-state index contributed by atoms with van der Waals surface area (Å²) in [6, 6.07) is 2.36. The van der Waals surface area contributed by atoms with Gasteiger partial charge < -0.3 is 20.5 Å². The number of carbonyl (C=O) groups excluding carboxylic acids is 2. The van der Waals surface area contributed by atoms with Crippen molar-refractivity contribution in [3.63, 3.8) is 0 Å². The molecule has 12 heteroatoms. The van der Waals surface area contributed by atoms with Crippen molar-refractivity contribution >= 4 is 17.5 Å². The van der Waals surface area contributed by atoms with Gasteiger partial charge in [-0.05, 0) is 25.1 Å². The molecule has 3 N–H and O–H groups in total. The van der Waals surface area contributed by atoms with Crippen molar-refractivity contribution in [1.29, 1.82) is 0 Å². The Morgan fingerprint density at radius 1 is 1.33 bits per heavy atom. The minimum absolute atomic E-state index is 0.208. The van der Waals surface area contributed by atoms with Crippen LogP contribution in [0.2, 0.25) is 0 Å². The standard InChI is InChI=1S/C21H20F5N3O4/c1-9-14(11-4-5-12(22)15(23)16(11)32-3)17(33-20(9,2)21(24,25)26)19(31)29-10-6-7-28-13(8-10)18(27)30/h4-9,14,17H,1-3H3,(H2,27,30)(H,28,29,31)/t9-,14-,17+,20-/m0/s1/i6D. The number of hydrogen-bond donors (Lipinski definition) is 2. The van der Waals surface area contributed by atoms with Gasteiger partial charge in [0.2, 0.25) is 5.82 Å². The van der Waals surface area contributed by atoms with E-state index >= 15 is 0 Å². The van der Waals surface area contributed by atoms with Crippen LogP contribution in [0.1, 0.15) is 37.2 Å². The molecule has 0 spiro atoms. The van der Waals surface area contributed by atoms with E-state index in [1.807, 2.05) is 0 Å². The molecule has 4 atom stereocenters. The summed E-state index contributed by atoms with van der Waals surface area (Å²) in [7, 11) is 1.01. The summed E-state index contributed by atoms with van der Waals surface area (Å²) in [4.78, 5) is 28.1. The number of rotatable bonds is 5. The van der Waals surface area contributed by atoms with E-state index in [0.29, 0.717) is 6.07 Å². The second kappa shape index (κ2) is 8.58. The zero-order valence-corrected chi connectivity index (χ0v) is 17.6. The molecule has 1 aromatic carbocycles. The highest BCUT2D eigenvalue weighted by molar-refractivity contribution is 5.97. The maximum absolute atomic E-state index is 14.4. The number of pyridine rings is 1. The predicted octanol–water partition coefficient (Wildman–Crippen LogP) is 3.55. The molecule has 1 saturated heterocycles. The molecule has 7 nitrogen and oxygen atoms in total. The Kier molecular flexibility index (Phi) is 5.95. The van der Waals surface area contributed by atoms with Gasteiger partial charge in [-0.1, -0.05) is 13.0 Å². The Morgan fingerprint density at radius 3 is 2.58 bits per heavy atom. The first-order chi connectivity index (χ1) is 15.7. The molecule has 0 saturated carbocycles. The molecule has 3 rings (SSSR count). The number of nitrogens with zero attached hydrogens (tertiary/aromatic N) is 1. The number of benzene rings is 1. The first-order valence-corrected chi connectivity index (χ1v) is 9.56. The van der Waals surface area contributed by atoms with Gasteiger partial charge in [-0.25, -0.2) is 4.39 Å². The largest absolute Gasteiger partial charge is 0.493 e. The molecular formula is C21H20F5N3O4. The minimum Gasteiger partial charge on any atom is -0.493 e. The highest BCUT2D eigenvalue weighted by Gasteiger charge is 2.65. The van der Waals surface area contributed by atoms with Crippen LogP contribution in [0.5, 0.6) is 5.75 Å². The Hall–Kier alpha value is -3.28. The SMILES string of the molecule is [2H]c1cnc(C(N)=O)cc1NC(=O)[C@@H]1O[C@](C)(C(F)(F)F)[C@@H](C)[C@H]1c1ccc(F)c(F)c1OC. The predicted molar refractivity (Wildman–Crippen MR) is 106 cm³/mol. The maximum atomic E-state index is 14.4. The van der Waals surface area contributed by atoms with Crippen LogP contribution >= 0.6 is 0 Å². The number of aromatic nitrogens is 1. The van der Waals surface area contributed by atoms with Crippen molar-refractivity contribution in [2.24, 2.45) is 11.7 Å². The van der Waals surface area contributed by atoms with Crippen molar-refractivity contribution in [3.05, 3.63) is 53.3 Å². The second-order valence-corrected chi connectivity index (χ2v) is 7.64. The zero-order chi connectivity index (χ0) is 25.6. The molecule has 178 valence electrons. The van der Waals surface area contributed by atoms with Crippen molar-refractivity contribution < 1.29 is 42.4 Å². The van der Waals surface area contributed by atoms with Crippen molar-refractivity contribution in [2.45, 2.75) is 37.6 Å². The average Bonchev–Trinajstić information content (AvgIpc) is 3.03. The van der Waals surface area contributed by atoms with Crippen molar-refractivity contribution in [2.75, 3.05) is 12.4 Å². The third kappa shape index (κ3) is 4.22. The molecule has 1 aliphatic rings. The molecule has 0 aliphatic carbocycles. The van der Waals surface area contributed by atoms with Crippen molar-refractivity contribution in [3.8, 4) is 5.75 Å². The first-order valence-electron chi connectivity index (χ1n) is 10.1. The smallest absolute Gasteiger partial charge is 0.417 e. The number of ether oxygens (including phenoxy) is 2. The molecule has 33 heavy (non-hydrogen) atoms. The molecule has 0 bridgehead atoms. The van der Waals surface area contributed by atoms with Gasteiger partial charge in [0.1, 0.15) is 11.8 Å². The van der Waals surface area contributed by atoms with Gasteiger partial charge in [-0.15, -0.1) is 0 Å². The Balaban J connectivity index is 2.10. The molecule has 2 aromatic rings. The van der Waals surface area contributed by atoms with Crippen LogP contribution in [0.25, 0.3) is 0 Å². The summed E-state index contributed by atoms with van der Waals surface area (Å²) in [6.07, 6.45) is -5.87. The third-order valence-electron chi connectivity index (χ3n) is 5.79. The average molecular weight is 474 g/mol. The molecular weight excluding hydrogens is 453 g/mol. The van der Waals surface area contributed by atoms with Gasteiger partial charge in [0.05, 0.1) is 8.48 Å².